The summed E-state index contributed by atoms with van der Waals surface area (Å²) in [5.74, 6) is -0.846. The zero-order valence-corrected chi connectivity index (χ0v) is 56.5. The highest BCUT2D eigenvalue weighted by molar-refractivity contribution is 5.71. The van der Waals surface area contributed by atoms with E-state index in [4.69, 9.17) is 14.2 Å². The van der Waals surface area contributed by atoms with Gasteiger partial charge in [-0.15, -0.1) is 0 Å². The molecule has 0 rings (SSSR count). The maximum atomic E-state index is 12.9. The van der Waals surface area contributed by atoms with E-state index in [0.717, 1.165) is 70.6 Å². The van der Waals surface area contributed by atoms with Crippen LogP contribution in [0, 0.1) is 0 Å². The number of hydrogen-bond acceptors (Lipinski definition) is 6. The summed E-state index contributed by atoms with van der Waals surface area (Å²) >= 11 is 0. The van der Waals surface area contributed by atoms with Crippen LogP contribution in [0.25, 0.3) is 0 Å². The van der Waals surface area contributed by atoms with E-state index in [1.165, 1.54) is 321 Å². The van der Waals surface area contributed by atoms with Crippen molar-refractivity contribution in [3.05, 3.63) is 24.3 Å². The molecule has 1 unspecified atom stereocenters. The summed E-state index contributed by atoms with van der Waals surface area (Å²) in [4.78, 5) is 38.1. The molecule has 0 amide bonds. The van der Waals surface area contributed by atoms with E-state index >= 15 is 0 Å². The molecule has 0 radical (unpaired) electrons. The molecule has 0 fully saturated rings. The van der Waals surface area contributed by atoms with Gasteiger partial charge in [0.2, 0.25) is 0 Å². The number of hydrogen-bond donors (Lipinski definition) is 0. The van der Waals surface area contributed by atoms with Crippen LogP contribution in [0.3, 0.4) is 0 Å². The summed E-state index contributed by atoms with van der Waals surface area (Å²) in [5.41, 5.74) is 0. The topological polar surface area (TPSA) is 78.9 Å². The van der Waals surface area contributed by atoms with Crippen LogP contribution in [0.1, 0.15) is 432 Å². The van der Waals surface area contributed by atoms with Crippen LogP contribution in [0.4, 0.5) is 0 Å². The van der Waals surface area contributed by atoms with E-state index in [-0.39, 0.29) is 31.1 Å². The van der Waals surface area contributed by atoms with Crippen molar-refractivity contribution in [3.8, 4) is 0 Å². The van der Waals surface area contributed by atoms with Gasteiger partial charge in [-0.25, -0.2) is 0 Å². The van der Waals surface area contributed by atoms with Gasteiger partial charge < -0.3 is 14.2 Å². The van der Waals surface area contributed by atoms with Crippen LogP contribution in [-0.2, 0) is 28.6 Å². The number of esters is 3. The third kappa shape index (κ3) is 70.5. The summed E-state index contributed by atoms with van der Waals surface area (Å²) in [5, 5.41) is 0. The summed E-state index contributed by atoms with van der Waals surface area (Å²) in [6.45, 7) is 6.63. The Morgan fingerprint density at radius 1 is 0.241 bits per heavy atom. The van der Waals surface area contributed by atoms with Gasteiger partial charge >= 0.3 is 17.9 Å². The molecule has 0 aromatic heterocycles. The molecule has 83 heavy (non-hydrogen) atoms. The smallest absolute Gasteiger partial charge is 0.306 e. The Morgan fingerprint density at radius 2 is 0.434 bits per heavy atom. The maximum absolute atomic E-state index is 12.9. The van der Waals surface area contributed by atoms with Crippen molar-refractivity contribution >= 4 is 17.9 Å². The zero-order valence-electron chi connectivity index (χ0n) is 56.5. The highest BCUT2D eigenvalue weighted by atomic mass is 16.6. The normalized spacial score (nSPS) is 12.1. The molecule has 0 spiro atoms. The predicted molar refractivity (Wildman–Crippen MR) is 363 cm³/mol. The summed E-state index contributed by atoms with van der Waals surface area (Å²) in [6, 6.07) is 0. The Morgan fingerprint density at radius 3 is 0.663 bits per heavy atom. The standard InChI is InChI=1S/C77H146O6/c1-4-7-10-13-15-17-19-21-23-25-27-29-31-33-35-36-37-38-39-40-42-43-45-47-49-51-53-55-57-59-61-64-67-70-76(79)82-73-74(72-81-75(78)69-66-63-12-9-6-3)83-77(80)71-68-65-62-60-58-56-54-52-50-48-46-44-41-34-32-30-28-26-24-22-20-18-16-14-11-8-5-2/h19,21,25,27,74H,4-18,20,22-24,26,28-73H2,1-3H3/b21-19-,27-25-. The van der Waals surface area contributed by atoms with Crippen LogP contribution in [0.5, 0.6) is 0 Å². The molecule has 6 heteroatoms. The number of allylic oxidation sites excluding steroid dienone is 4. The van der Waals surface area contributed by atoms with E-state index in [9.17, 15) is 14.4 Å². The number of carbonyl (C=O) groups is 3. The highest BCUT2D eigenvalue weighted by Gasteiger charge is 2.20. The summed E-state index contributed by atoms with van der Waals surface area (Å²) in [6.07, 6.45) is 90.1. The fourth-order valence-electron chi connectivity index (χ4n) is 11.8. The largest absolute Gasteiger partial charge is 0.462 e. The molecule has 0 bridgehead atoms. The molecule has 6 nitrogen and oxygen atoms in total. The Balaban J connectivity index is 3.86. The predicted octanol–water partition coefficient (Wildman–Crippen LogP) is 26.1. The van der Waals surface area contributed by atoms with Crippen molar-refractivity contribution in [3.63, 3.8) is 0 Å². The Labute approximate surface area is 519 Å². The van der Waals surface area contributed by atoms with Crippen LogP contribution in [-0.4, -0.2) is 37.2 Å². The second-order valence-corrected chi connectivity index (χ2v) is 25.9. The van der Waals surface area contributed by atoms with E-state index in [0.29, 0.717) is 19.3 Å². The van der Waals surface area contributed by atoms with Crippen molar-refractivity contribution in [1.82, 2.24) is 0 Å². The van der Waals surface area contributed by atoms with Gasteiger partial charge in [-0.1, -0.05) is 385 Å². The fourth-order valence-corrected chi connectivity index (χ4v) is 11.8. The average molecular weight is 1170 g/mol. The van der Waals surface area contributed by atoms with Gasteiger partial charge in [0.15, 0.2) is 6.10 Å². The first kappa shape index (κ1) is 80.9. The van der Waals surface area contributed by atoms with Crippen LogP contribution < -0.4 is 0 Å². The lowest BCUT2D eigenvalue weighted by molar-refractivity contribution is -0.167. The van der Waals surface area contributed by atoms with Gasteiger partial charge in [0.1, 0.15) is 13.2 Å². The maximum Gasteiger partial charge on any atom is 0.306 e. The van der Waals surface area contributed by atoms with E-state index in [1.807, 2.05) is 0 Å². The second-order valence-electron chi connectivity index (χ2n) is 25.9. The SMILES string of the molecule is CCCCCCC/C=C\C/C=C\CCCCCCCCCCCCCCCCCCCCCCCC(=O)OCC(COC(=O)CCCCCCC)OC(=O)CCCCCCCCCCCCCCCCCCCCCCCCCCCCC. The molecule has 490 valence electrons. The molecule has 0 N–H and O–H groups in total. The van der Waals surface area contributed by atoms with Gasteiger partial charge in [0.05, 0.1) is 0 Å². The molecule has 0 aromatic carbocycles. The van der Waals surface area contributed by atoms with Gasteiger partial charge in [-0.2, -0.15) is 0 Å². The first-order valence-corrected chi connectivity index (χ1v) is 37.8. The molecular weight excluding hydrogens is 1020 g/mol. The first-order chi connectivity index (χ1) is 41.0. The van der Waals surface area contributed by atoms with Crippen LogP contribution in [0.15, 0.2) is 24.3 Å². The van der Waals surface area contributed by atoms with Gasteiger partial charge in [0, 0.05) is 19.3 Å². The van der Waals surface area contributed by atoms with E-state index < -0.39 is 6.10 Å². The summed E-state index contributed by atoms with van der Waals surface area (Å²) < 4.78 is 16.9. The minimum absolute atomic E-state index is 0.0644. The molecule has 0 heterocycles. The lowest BCUT2D eigenvalue weighted by Crippen LogP contribution is -2.30. The van der Waals surface area contributed by atoms with Gasteiger partial charge in [0.25, 0.3) is 0 Å². The number of rotatable bonds is 71. The monoisotopic (exact) mass is 1170 g/mol. The Hall–Kier alpha value is -2.11. The molecule has 0 aliphatic heterocycles. The van der Waals surface area contributed by atoms with Crippen molar-refractivity contribution in [2.45, 2.75) is 438 Å². The van der Waals surface area contributed by atoms with Crippen LogP contribution in [0.2, 0.25) is 0 Å². The number of carbonyl (C=O) groups excluding carboxylic acids is 3. The molecule has 0 aliphatic rings. The fraction of sp³-hybridized carbons (Fsp3) is 0.909. The van der Waals surface area contributed by atoms with E-state index in [2.05, 4.69) is 45.1 Å². The average Bonchev–Trinajstić information content (AvgIpc) is 3.49. The van der Waals surface area contributed by atoms with Crippen LogP contribution >= 0.6 is 0 Å². The molecule has 0 saturated heterocycles. The Kier molecular flexibility index (Phi) is 70.5. The lowest BCUT2D eigenvalue weighted by atomic mass is 10.0. The summed E-state index contributed by atoms with van der Waals surface area (Å²) in [7, 11) is 0. The minimum Gasteiger partial charge on any atom is -0.462 e. The molecule has 0 aliphatic carbocycles. The number of ether oxygens (including phenoxy) is 3. The third-order valence-electron chi connectivity index (χ3n) is 17.5. The van der Waals surface area contributed by atoms with E-state index in [1.54, 1.807) is 0 Å². The molecule has 1 atom stereocenters. The quantitative estimate of drug-likeness (QED) is 0.0261. The van der Waals surface area contributed by atoms with Gasteiger partial charge in [-0.05, 0) is 51.4 Å². The molecule has 0 aromatic rings. The minimum atomic E-state index is -0.764. The molecular formula is C77H146O6. The first-order valence-electron chi connectivity index (χ1n) is 37.8. The molecule has 0 saturated carbocycles. The zero-order chi connectivity index (χ0) is 59.9. The highest BCUT2D eigenvalue weighted by Crippen LogP contribution is 2.20. The third-order valence-corrected chi connectivity index (χ3v) is 17.5. The van der Waals surface area contributed by atoms with Crippen molar-refractivity contribution < 1.29 is 28.6 Å². The Bertz CT molecular complexity index is 1340. The van der Waals surface area contributed by atoms with Gasteiger partial charge in [-0.3, -0.25) is 14.4 Å². The number of unbranched alkanes of at least 4 members (excludes halogenated alkanes) is 56. The van der Waals surface area contributed by atoms with Crippen molar-refractivity contribution in [2.24, 2.45) is 0 Å². The van der Waals surface area contributed by atoms with Crippen molar-refractivity contribution in [1.29, 1.82) is 0 Å². The van der Waals surface area contributed by atoms with Crippen molar-refractivity contribution in [2.75, 3.05) is 13.2 Å². The second kappa shape index (κ2) is 72.4. The lowest BCUT2D eigenvalue weighted by Gasteiger charge is -2.18.